The van der Waals surface area contributed by atoms with Crippen molar-refractivity contribution in [1.29, 1.82) is 0 Å². The van der Waals surface area contributed by atoms with Crippen LogP contribution in [0.15, 0.2) is 77.7 Å². The monoisotopic (exact) mass is 537 g/mol. The number of carbonyl (C=O) groups is 1. The maximum absolute atomic E-state index is 13.1. The molecule has 1 aliphatic heterocycles. The molecule has 1 saturated heterocycles. The van der Waals surface area contributed by atoms with E-state index in [1.807, 2.05) is 18.2 Å². The summed E-state index contributed by atoms with van der Waals surface area (Å²) >= 11 is 6.22. The van der Waals surface area contributed by atoms with E-state index in [1.54, 1.807) is 0 Å². The Bertz CT molecular complexity index is 1250. The van der Waals surface area contributed by atoms with Gasteiger partial charge in [-0.25, -0.2) is 12.8 Å². The molecule has 0 bridgehead atoms. The van der Waals surface area contributed by atoms with Crippen LogP contribution in [-0.4, -0.2) is 38.4 Å². The number of piperidine rings is 1. The first-order valence-corrected chi connectivity index (χ1v) is 12.8. The highest BCUT2D eigenvalue weighted by molar-refractivity contribution is 7.92. The third-order valence-corrected chi connectivity index (χ3v) is 7.47. The van der Waals surface area contributed by atoms with Crippen LogP contribution in [0.3, 0.4) is 0 Å². The number of nitrogens with zero attached hydrogens (tertiary/aromatic N) is 1. The van der Waals surface area contributed by atoms with Crippen LogP contribution in [-0.2, 0) is 16.6 Å². The quantitative estimate of drug-likeness (QED) is 0.439. The lowest BCUT2D eigenvalue weighted by Crippen LogP contribution is -2.44. The molecule has 0 spiro atoms. The minimum absolute atomic E-state index is 0. The Balaban J connectivity index is 0.00000342. The van der Waals surface area contributed by atoms with Crippen molar-refractivity contribution in [3.05, 3.63) is 94.8 Å². The van der Waals surface area contributed by atoms with E-state index in [4.69, 9.17) is 11.6 Å². The molecule has 1 aliphatic rings. The molecule has 1 heterocycles. The number of sulfonamides is 1. The van der Waals surface area contributed by atoms with Gasteiger partial charge >= 0.3 is 0 Å². The molecule has 2 N–H and O–H groups in total. The van der Waals surface area contributed by atoms with Crippen molar-refractivity contribution in [2.75, 3.05) is 17.8 Å². The third-order valence-electron chi connectivity index (χ3n) is 5.76. The van der Waals surface area contributed by atoms with Crippen molar-refractivity contribution in [3.63, 3.8) is 0 Å². The minimum atomic E-state index is -3.99. The molecule has 0 unspecified atom stereocenters. The van der Waals surface area contributed by atoms with Gasteiger partial charge < -0.3 is 5.32 Å². The van der Waals surface area contributed by atoms with Gasteiger partial charge in [-0.1, -0.05) is 41.9 Å². The molecular formula is C25H26Cl2FN3O3S. The zero-order chi connectivity index (χ0) is 24.1. The second-order valence-electron chi connectivity index (χ2n) is 8.26. The number of nitrogens with one attached hydrogen (secondary N) is 2. The number of hydrogen-bond donors (Lipinski definition) is 2. The van der Waals surface area contributed by atoms with Crippen molar-refractivity contribution < 1.29 is 17.6 Å². The van der Waals surface area contributed by atoms with Crippen molar-refractivity contribution in [2.24, 2.45) is 0 Å². The average Bonchev–Trinajstić information content (AvgIpc) is 2.82. The largest absolute Gasteiger partial charge is 0.349 e. The second-order valence-corrected chi connectivity index (χ2v) is 10.4. The number of halogens is 3. The summed E-state index contributed by atoms with van der Waals surface area (Å²) in [5, 5.41) is 3.15. The molecule has 186 valence electrons. The number of carbonyl (C=O) groups excluding carboxylic acids is 1. The predicted octanol–water partition coefficient (Wildman–Crippen LogP) is 5.10. The van der Waals surface area contributed by atoms with E-state index >= 15 is 0 Å². The first kappa shape index (κ1) is 26.9. The number of likely N-dealkylation sites (tertiary alicyclic amines) is 1. The summed E-state index contributed by atoms with van der Waals surface area (Å²) in [5.74, 6) is -0.885. The first-order chi connectivity index (χ1) is 16.3. The molecule has 0 radical (unpaired) electrons. The number of anilines is 1. The van der Waals surface area contributed by atoms with Crippen LogP contribution in [0.5, 0.6) is 0 Å². The molecule has 1 amide bonds. The van der Waals surface area contributed by atoms with Gasteiger partial charge in [-0.3, -0.25) is 14.4 Å². The molecule has 3 aromatic rings. The van der Waals surface area contributed by atoms with Gasteiger partial charge in [0.25, 0.3) is 15.9 Å². The zero-order valence-corrected chi connectivity index (χ0v) is 21.2. The van der Waals surface area contributed by atoms with E-state index in [0.717, 1.165) is 44.6 Å². The number of benzene rings is 3. The summed E-state index contributed by atoms with van der Waals surface area (Å²) in [6, 6.07) is 19.1. The van der Waals surface area contributed by atoms with Gasteiger partial charge in [0.05, 0.1) is 15.5 Å². The molecule has 0 atom stereocenters. The summed E-state index contributed by atoms with van der Waals surface area (Å²) in [4.78, 5) is 15.2. The maximum atomic E-state index is 13.1. The van der Waals surface area contributed by atoms with E-state index < -0.39 is 21.7 Å². The third kappa shape index (κ3) is 7.18. The lowest BCUT2D eigenvalue weighted by atomic mass is 10.0. The van der Waals surface area contributed by atoms with Crippen LogP contribution in [0.1, 0.15) is 28.8 Å². The summed E-state index contributed by atoms with van der Waals surface area (Å²) < 4.78 is 41.0. The second kappa shape index (κ2) is 11.9. The maximum Gasteiger partial charge on any atom is 0.261 e. The van der Waals surface area contributed by atoms with Gasteiger partial charge in [-0.15, -0.1) is 12.4 Å². The fourth-order valence-corrected chi connectivity index (χ4v) is 5.21. The molecule has 0 aromatic heterocycles. The SMILES string of the molecule is Cl.O=C(NC1CCN(Cc2ccccc2)CC1)c1cc(S(=O)(=O)Nc2ccc(F)cc2)ccc1Cl. The number of amides is 1. The first-order valence-electron chi connectivity index (χ1n) is 11.0. The van der Waals surface area contributed by atoms with Crippen LogP contribution in [0.2, 0.25) is 5.02 Å². The average molecular weight is 538 g/mol. The van der Waals surface area contributed by atoms with Crippen LogP contribution < -0.4 is 10.0 Å². The van der Waals surface area contributed by atoms with Gasteiger partial charge in [-0.05, 0) is 60.9 Å². The highest BCUT2D eigenvalue weighted by atomic mass is 35.5. The summed E-state index contributed by atoms with van der Waals surface area (Å²) in [5.41, 5.74) is 1.56. The Hall–Kier alpha value is -2.65. The Morgan fingerprint density at radius 2 is 1.66 bits per heavy atom. The fourth-order valence-electron chi connectivity index (χ4n) is 3.92. The Morgan fingerprint density at radius 3 is 2.31 bits per heavy atom. The Labute approximate surface area is 215 Å². The number of hydrogen-bond acceptors (Lipinski definition) is 4. The molecule has 0 saturated carbocycles. The zero-order valence-electron chi connectivity index (χ0n) is 18.8. The normalized spacial score (nSPS) is 14.7. The molecule has 0 aliphatic carbocycles. The van der Waals surface area contributed by atoms with Crippen LogP contribution in [0, 0.1) is 5.82 Å². The molecule has 6 nitrogen and oxygen atoms in total. The predicted molar refractivity (Wildman–Crippen MR) is 138 cm³/mol. The van der Waals surface area contributed by atoms with E-state index in [9.17, 15) is 17.6 Å². The van der Waals surface area contributed by atoms with E-state index in [-0.39, 0.29) is 39.6 Å². The topological polar surface area (TPSA) is 78.5 Å². The van der Waals surface area contributed by atoms with Crippen molar-refractivity contribution in [1.82, 2.24) is 10.2 Å². The van der Waals surface area contributed by atoms with Crippen molar-refractivity contribution in [3.8, 4) is 0 Å². The fraction of sp³-hybridized carbons (Fsp3) is 0.240. The van der Waals surface area contributed by atoms with E-state index in [2.05, 4.69) is 27.1 Å². The highest BCUT2D eigenvalue weighted by Gasteiger charge is 2.24. The molecule has 4 rings (SSSR count). The van der Waals surface area contributed by atoms with Gasteiger partial charge in [0.1, 0.15) is 5.82 Å². The summed E-state index contributed by atoms with van der Waals surface area (Å²) in [6.45, 7) is 2.57. The van der Waals surface area contributed by atoms with Crippen molar-refractivity contribution >= 4 is 45.6 Å². The number of rotatable bonds is 7. The Kier molecular flexibility index (Phi) is 9.13. The lowest BCUT2D eigenvalue weighted by molar-refractivity contribution is 0.0909. The molecule has 10 heteroatoms. The van der Waals surface area contributed by atoms with E-state index in [1.165, 1.54) is 35.9 Å². The lowest BCUT2D eigenvalue weighted by Gasteiger charge is -2.32. The van der Waals surface area contributed by atoms with Gasteiger partial charge in [0, 0.05) is 31.4 Å². The van der Waals surface area contributed by atoms with Crippen molar-refractivity contribution in [2.45, 2.75) is 30.3 Å². The van der Waals surface area contributed by atoms with Crippen LogP contribution >= 0.6 is 24.0 Å². The van der Waals surface area contributed by atoms with Crippen LogP contribution in [0.4, 0.5) is 10.1 Å². The van der Waals surface area contributed by atoms with Gasteiger partial charge in [0.2, 0.25) is 0 Å². The molecular weight excluding hydrogens is 512 g/mol. The minimum Gasteiger partial charge on any atom is -0.349 e. The summed E-state index contributed by atoms with van der Waals surface area (Å²) in [7, 11) is -3.99. The molecule has 3 aromatic carbocycles. The van der Waals surface area contributed by atoms with Crippen LogP contribution in [0.25, 0.3) is 0 Å². The van der Waals surface area contributed by atoms with Gasteiger partial charge in [-0.2, -0.15) is 0 Å². The molecule has 1 fully saturated rings. The Morgan fingerprint density at radius 1 is 1.00 bits per heavy atom. The molecule has 35 heavy (non-hydrogen) atoms. The van der Waals surface area contributed by atoms with E-state index in [0.29, 0.717) is 0 Å². The van der Waals surface area contributed by atoms with Gasteiger partial charge in [0.15, 0.2) is 0 Å². The summed E-state index contributed by atoms with van der Waals surface area (Å²) in [6.07, 6.45) is 1.58. The smallest absolute Gasteiger partial charge is 0.261 e. The highest BCUT2D eigenvalue weighted by Crippen LogP contribution is 2.23. The standard InChI is InChI=1S/C25H25ClFN3O3S.ClH/c26-24-11-10-22(34(32,33)29-21-8-6-19(27)7-9-21)16-23(24)25(31)28-20-12-14-30(15-13-20)17-18-4-2-1-3-5-18;/h1-11,16,20,29H,12-15,17H2,(H,28,31);1H.